The molecule has 0 radical (unpaired) electrons. The fourth-order valence-corrected chi connectivity index (χ4v) is 2.40. The van der Waals surface area contributed by atoms with Gasteiger partial charge >= 0.3 is 5.97 Å². The Bertz CT molecular complexity index is 229. The van der Waals surface area contributed by atoms with E-state index in [1.165, 1.54) is 0 Å². The highest BCUT2D eigenvalue weighted by molar-refractivity contribution is 5.78. The first-order valence-corrected chi connectivity index (χ1v) is 6.01. The molecule has 1 saturated carbocycles. The number of hydrogen-bond acceptors (Lipinski definition) is 2. The Morgan fingerprint density at radius 2 is 1.67 bits per heavy atom. The van der Waals surface area contributed by atoms with Gasteiger partial charge in [0, 0.05) is 0 Å². The molecule has 1 aliphatic carbocycles. The van der Waals surface area contributed by atoms with E-state index in [1.54, 1.807) is 0 Å². The zero-order valence-electron chi connectivity index (χ0n) is 10.7. The van der Waals surface area contributed by atoms with Crippen LogP contribution in [0, 0.1) is 11.3 Å². The maximum Gasteiger partial charge on any atom is 0.312 e. The number of carbonyl (C=O) groups excluding carboxylic acids is 1. The van der Waals surface area contributed by atoms with Crippen LogP contribution >= 0.6 is 0 Å². The average molecular weight is 212 g/mol. The molecule has 0 unspecified atom stereocenters. The first-order chi connectivity index (χ1) is 6.78. The quantitative estimate of drug-likeness (QED) is 0.654. The molecule has 0 atom stereocenters. The van der Waals surface area contributed by atoms with Gasteiger partial charge < -0.3 is 4.74 Å². The number of carbonyl (C=O) groups is 1. The van der Waals surface area contributed by atoms with Crippen molar-refractivity contribution in [3.8, 4) is 0 Å². The minimum absolute atomic E-state index is 0.0162. The average Bonchev–Trinajstić information content (AvgIpc) is 2.48. The van der Waals surface area contributed by atoms with E-state index in [2.05, 4.69) is 13.8 Å². The predicted octanol–water partition coefficient (Wildman–Crippen LogP) is 3.54. The topological polar surface area (TPSA) is 26.3 Å². The number of rotatable bonds is 2. The molecule has 0 aromatic rings. The molecule has 0 N–H and O–H groups in total. The van der Waals surface area contributed by atoms with Gasteiger partial charge in [0.25, 0.3) is 0 Å². The van der Waals surface area contributed by atoms with Crippen molar-refractivity contribution in [1.29, 1.82) is 0 Å². The van der Waals surface area contributed by atoms with Crippen LogP contribution in [0.4, 0.5) is 0 Å². The number of hydrogen-bond donors (Lipinski definition) is 0. The maximum atomic E-state index is 12.2. The van der Waals surface area contributed by atoms with Gasteiger partial charge in [0.05, 0.1) is 5.41 Å². The summed E-state index contributed by atoms with van der Waals surface area (Å²) in [5.41, 5.74) is -0.561. The maximum absolute atomic E-state index is 12.2. The lowest BCUT2D eigenvalue weighted by molar-refractivity contribution is -0.170. The van der Waals surface area contributed by atoms with Gasteiger partial charge in [-0.05, 0) is 39.5 Å². The zero-order chi connectivity index (χ0) is 11.7. The van der Waals surface area contributed by atoms with E-state index in [0.717, 1.165) is 25.7 Å². The van der Waals surface area contributed by atoms with Gasteiger partial charge in [0.2, 0.25) is 0 Å². The highest BCUT2D eigenvalue weighted by Crippen LogP contribution is 2.45. The zero-order valence-corrected chi connectivity index (χ0v) is 10.7. The van der Waals surface area contributed by atoms with Crippen LogP contribution < -0.4 is 0 Å². The van der Waals surface area contributed by atoms with Gasteiger partial charge in [0.15, 0.2) is 0 Å². The fraction of sp³-hybridized carbons (Fsp3) is 0.923. The molecule has 0 heterocycles. The van der Waals surface area contributed by atoms with Gasteiger partial charge in [-0.2, -0.15) is 0 Å². The van der Waals surface area contributed by atoms with E-state index in [1.807, 2.05) is 20.8 Å². The molecule has 1 rings (SSSR count). The third-order valence-electron chi connectivity index (χ3n) is 3.41. The van der Waals surface area contributed by atoms with Crippen molar-refractivity contribution < 1.29 is 9.53 Å². The summed E-state index contributed by atoms with van der Waals surface area (Å²) in [5.74, 6) is 0.400. The number of ether oxygens (including phenoxy) is 1. The van der Waals surface area contributed by atoms with Gasteiger partial charge in [-0.1, -0.05) is 26.7 Å². The highest BCUT2D eigenvalue weighted by atomic mass is 16.6. The van der Waals surface area contributed by atoms with E-state index in [0.29, 0.717) is 5.92 Å². The molecule has 0 aliphatic heterocycles. The van der Waals surface area contributed by atoms with E-state index in [-0.39, 0.29) is 17.0 Å². The van der Waals surface area contributed by atoms with Crippen molar-refractivity contribution >= 4 is 5.97 Å². The summed E-state index contributed by atoms with van der Waals surface area (Å²) in [6.07, 6.45) is 4.33. The van der Waals surface area contributed by atoms with Crippen molar-refractivity contribution in [3.63, 3.8) is 0 Å². The summed E-state index contributed by atoms with van der Waals surface area (Å²) < 4.78 is 5.55. The molecule has 0 bridgehead atoms. The Kier molecular flexibility index (Phi) is 3.47. The van der Waals surface area contributed by atoms with Crippen LogP contribution in [-0.2, 0) is 9.53 Å². The van der Waals surface area contributed by atoms with Crippen LogP contribution in [0.5, 0.6) is 0 Å². The van der Waals surface area contributed by atoms with Crippen molar-refractivity contribution in [3.05, 3.63) is 0 Å². The minimum Gasteiger partial charge on any atom is -0.460 e. The standard InChI is InChI=1S/C13H24O2/c1-10(2)13(8-6-7-9-13)11(14)15-12(3,4)5/h10H,6-9H2,1-5H3. The second-order valence-corrected chi connectivity index (χ2v) is 6.02. The van der Waals surface area contributed by atoms with Crippen LogP contribution in [0.25, 0.3) is 0 Å². The van der Waals surface area contributed by atoms with Crippen LogP contribution in [0.15, 0.2) is 0 Å². The molecule has 0 amide bonds. The molecule has 2 nitrogen and oxygen atoms in total. The van der Waals surface area contributed by atoms with E-state index in [4.69, 9.17) is 4.74 Å². The fourth-order valence-electron chi connectivity index (χ4n) is 2.40. The third-order valence-corrected chi connectivity index (χ3v) is 3.41. The molecule has 0 spiro atoms. The minimum atomic E-state index is -0.360. The molecule has 0 aromatic heterocycles. The van der Waals surface area contributed by atoms with Crippen LogP contribution in [0.1, 0.15) is 60.3 Å². The lowest BCUT2D eigenvalue weighted by Crippen LogP contribution is -2.39. The summed E-state index contributed by atoms with van der Waals surface area (Å²) in [5, 5.41) is 0. The molecule has 15 heavy (non-hydrogen) atoms. The molecular formula is C13H24O2. The van der Waals surface area contributed by atoms with Gasteiger partial charge in [-0.25, -0.2) is 0 Å². The normalized spacial score (nSPS) is 20.7. The van der Waals surface area contributed by atoms with Gasteiger partial charge in [0.1, 0.15) is 5.60 Å². The van der Waals surface area contributed by atoms with Gasteiger partial charge in [-0.3, -0.25) is 4.79 Å². The molecule has 0 aromatic carbocycles. The molecule has 2 heteroatoms. The SMILES string of the molecule is CC(C)C1(C(=O)OC(C)(C)C)CCCC1. The summed E-state index contributed by atoms with van der Waals surface area (Å²) in [4.78, 5) is 12.2. The molecular weight excluding hydrogens is 188 g/mol. The van der Waals surface area contributed by atoms with Crippen LogP contribution in [-0.4, -0.2) is 11.6 Å². The lowest BCUT2D eigenvalue weighted by atomic mass is 9.75. The molecule has 0 saturated heterocycles. The van der Waals surface area contributed by atoms with E-state index in [9.17, 15) is 4.79 Å². The predicted molar refractivity (Wildman–Crippen MR) is 61.6 cm³/mol. The third kappa shape index (κ3) is 2.73. The van der Waals surface area contributed by atoms with Crippen molar-refractivity contribution in [1.82, 2.24) is 0 Å². The smallest absolute Gasteiger partial charge is 0.312 e. The van der Waals surface area contributed by atoms with Crippen molar-refractivity contribution in [2.45, 2.75) is 65.9 Å². The summed E-state index contributed by atoms with van der Waals surface area (Å²) in [7, 11) is 0. The first kappa shape index (κ1) is 12.5. The summed E-state index contributed by atoms with van der Waals surface area (Å²) in [6, 6.07) is 0. The molecule has 88 valence electrons. The van der Waals surface area contributed by atoms with Crippen molar-refractivity contribution in [2.75, 3.05) is 0 Å². The monoisotopic (exact) mass is 212 g/mol. The Balaban J connectivity index is 2.77. The van der Waals surface area contributed by atoms with Gasteiger partial charge in [-0.15, -0.1) is 0 Å². The lowest BCUT2D eigenvalue weighted by Gasteiger charge is -2.34. The van der Waals surface area contributed by atoms with Crippen molar-refractivity contribution in [2.24, 2.45) is 11.3 Å². The van der Waals surface area contributed by atoms with Crippen LogP contribution in [0.3, 0.4) is 0 Å². The Morgan fingerprint density at radius 1 is 1.20 bits per heavy atom. The summed E-state index contributed by atoms with van der Waals surface area (Å²) >= 11 is 0. The van der Waals surface area contributed by atoms with E-state index >= 15 is 0 Å². The second-order valence-electron chi connectivity index (χ2n) is 6.02. The Labute approximate surface area is 93.4 Å². The first-order valence-electron chi connectivity index (χ1n) is 6.01. The molecule has 1 fully saturated rings. The van der Waals surface area contributed by atoms with Crippen LogP contribution in [0.2, 0.25) is 0 Å². The highest BCUT2D eigenvalue weighted by Gasteiger charge is 2.46. The number of esters is 1. The second kappa shape index (κ2) is 4.15. The van der Waals surface area contributed by atoms with E-state index < -0.39 is 0 Å². The summed E-state index contributed by atoms with van der Waals surface area (Å²) in [6.45, 7) is 10.1. The molecule has 1 aliphatic rings. The Hall–Kier alpha value is -0.530. The Morgan fingerprint density at radius 3 is 2.00 bits per heavy atom. The largest absolute Gasteiger partial charge is 0.460 e.